The third-order valence-corrected chi connectivity index (χ3v) is 4.82. The van der Waals surface area contributed by atoms with Crippen molar-refractivity contribution in [2.24, 2.45) is 5.92 Å². The molecule has 0 saturated heterocycles. The van der Waals surface area contributed by atoms with E-state index < -0.39 is 0 Å². The van der Waals surface area contributed by atoms with Crippen LogP contribution in [0.3, 0.4) is 0 Å². The Morgan fingerprint density at radius 3 is 2.86 bits per heavy atom. The lowest BCUT2D eigenvalue weighted by molar-refractivity contribution is 0.120. The van der Waals surface area contributed by atoms with Gasteiger partial charge >= 0.3 is 0 Å². The lowest BCUT2D eigenvalue weighted by Gasteiger charge is -2.49. The maximum absolute atomic E-state index is 14.4. The van der Waals surface area contributed by atoms with Gasteiger partial charge in [-0.05, 0) is 30.4 Å². The summed E-state index contributed by atoms with van der Waals surface area (Å²) in [5.74, 6) is 0.459. The molecule has 2 nitrogen and oxygen atoms in total. The lowest BCUT2D eigenvalue weighted by atomic mass is 9.57. The maximum atomic E-state index is 14.4. The summed E-state index contributed by atoms with van der Waals surface area (Å²) in [6, 6.07) is 5.36. The number of ether oxygens (including phenoxy) is 1. The highest BCUT2D eigenvalue weighted by Gasteiger charge is 2.46. The van der Waals surface area contributed by atoms with Gasteiger partial charge in [-0.15, -0.1) is 0 Å². The molecule has 0 heterocycles. The van der Waals surface area contributed by atoms with E-state index in [9.17, 15) is 4.39 Å². The Bertz CT molecular complexity index is 460. The molecular formula is C17H25ClFNO. The highest BCUT2D eigenvalue weighted by Crippen LogP contribution is 2.50. The molecule has 2 rings (SSSR count). The summed E-state index contributed by atoms with van der Waals surface area (Å²) < 4.78 is 19.5. The molecule has 1 aromatic rings. The standard InChI is InChI=1S/C17H25ClFNO/c1-3-5-13-10-17(11-13,12-20-8-9-21-2)14-6-4-7-15(18)16(14)19/h4,6-7,13,20H,3,5,8-12H2,1-2H3. The van der Waals surface area contributed by atoms with E-state index in [0.29, 0.717) is 12.5 Å². The highest BCUT2D eigenvalue weighted by atomic mass is 35.5. The molecular weight excluding hydrogens is 289 g/mol. The monoisotopic (exact) mass is 313 g/mol. The van der Waals surface area contributed by atoms with Crippen molar-refractivity contribution in [2.45, 2.75) is 38.0 Å². The minimum atomic E-state index is -0.248. The van der Waals surface area contributed by atoms with Gasteiger partial charge in [-0.3, -0.25) is 0 Å². The third-order valence-electron chi connectivity index (χ3n) is 4.53. The molecule has 0 spiro atoms. The molecule has 0 atom stereocenters. The molecule has 1 aromatic carbocycles. The molecule has 1 fully saturated rings. The predicted molar refractivity (Wildman–Crippen MR) is 85.5 cm³/mol. The Hall–Kier alpha value is -0.640. The Labute approximate surface area is 132 Å². The van der Waals surface area contributed by atoms with Crippen LogP contribution >= 0.6 is 11.6 Å². The average Bonchev–Trinajstić information content (AvgIpc) is 2.43. The normalized spacial score (nSPS) is 24.9. The van der Waals surface area contributed by atoms with Crippen LogP contribution in [0.1, 0.15) is 38.2 Å². The summed E-state index contributed by atoms with van der Waals surface area (Å²) >= 11 is 5.97. The third kappa shape index (κ3) is 3.77. The van der Waals surface area contributed by atoms with Gasteiger partial charge in [0.1, 0.15) is 5.82 Å². The van der Waals surface area contributed by atoms with Crippen LogP contribution in [0.15, 0.2) is 18.2 Å². The zero-order valence-electron chi connectivity index (χ0n) is 12.9. The van der Waals surface area contributed by atoms with Gasteiger partial charge in [0.15, 0.2) is 0 Å². The molecule has 0 radical (unpaired) electrons. The van der Waals surface area contributed by atoms with Crippen molar-refractivity contribution in [1.29, 1.82) is 0 Å². The fourth-order valence-electron chi connectivity index (χ4n) is 3.53. The van der Waals surface area contributed by atoms with Gasteiger partial charge < -0.3 is 10.1 Å². The van der Waals surface area contributed by atoms with Crippen LogP contribution < -0.4 is 5.32 Å². The number of rotatable bonds is 8. The summed E-state index contributed by atoms with van der Waals surface area (Å²) in [5, 5.41) is 3.63. The van der Waals surface area contributed by atoms with Gasteiger partial charge in [-0.1, -0.05) is 43.5 Å². The van der Waals surface area contributed by atoms with E-state index >= 15 is 0 Å². The van der Waals surface area contributed by atoms with Crippen molar-refractivity contribution in [2.75, 3.05) is 26.8 Å². The van der Waals surface area contributed by atoms with E-state index in [1.807, 2.05) is 12.1 Å². The average molecular weight is 314 g/mol. The van der Waals surface area contributed by atoms with Gasteiger partial charge in [0.05, 0.1) is 11.6 Å². The first-order valence-corrected chi connectivity index (χ1v) is 8.15. The first-order valence-electron chi connectivity index (χ1n) is 7.77. The maximum Gasteiger partial charge on any atom is 0.145 e. The molecule has 1 aliphatic rings. The molecule has 1 saturated carbocycles. The summed E-state index contributed by atoms with van der Waals surface area (Å²) in [5.41, 5.74) is 0.662. The van der Waals surface area contributed by atoms with E-state index in [0.717, 1.165) is 31.5 Å². The van der Waals surface area contributed by atoms with Gasteiger partial charge in [0.25, 0.3) is 0 Å². The lowest BCUT2D eigenvalue weighted by Crippen LogP contribution is -2.49. The Morgan fingerprint density at radius 1 is 1.43 bits per heavy atom. The Kier molecular flexibility index (Phi) is 6.03. The van der Waals surface area contributed by atoms with E-state index in [2.05, 4.69) is 12.2 Å². The van der Waals surface area contributed by atoms with Gasteiger partial charge in [-0.25, -0.2) is 4.39 Å². The van der Waals surface area contributed by atoms with Crippen molar-refractivity contribution in [1.82, 2.24) is 5.32 Å². The van der Waals surface area contributed by atoms with Crippen LogP contribution in [0.2, 0.25) is 5.02 Å². The predicted octanol–water partition coefficient (Wildman–Crippen LogP) is 4.16. The van der Waals surface area contributed by atoms with Crippen LogP contribution in [-0.4, -0.2) is 26.8 Å². The zero-order chi connectivity index (χ0) is 15.3. The largest absolute Gasteiger partial charge is 0.383 e. The van der Waals surface area contributed by atoms with Crippen LogP contribution in [0.25, 0.3) is 0 Å². The summed E-state index contributed by atoms with van der Waals surface area (Å²) in [4.78, 5) is 0. The summed E-state index contributed by atoms with van der Waals surface area (Å²) in [6.07, 6.45) is 4.49. The van der Waals surface area contributed by atoms with Crippen LogP contribution in [0.4, 0.5) is 4.39 Å². The van der Waals surface area contributed by atoms with Gasteiger partial charge in [-0.2, -0.15) is 0 Å². The fourth-order valence-corrected chi connectivity index (χ4v) is 3.71. The smallest absolute Gasteiger partial charge is 0.145 e. The molecule has 21 heavy (non-hydrogen) atoms. The van der Waals surface area contributed by atoms with Crippen LogP contribution in [0, 0.1) is 11.7 Å². The molecule has 0 aromatic heterocycles. The van der Waals surface area contributed by atoms with Crippen LogP contribution in [-0.2, 0) is 10.2 Å². The van der Waals surface area contributed by atoms with E-state index in [1.165, 1.54) is 12.8 Å². The molecule has 0 aliphatic heterocycles. The number of hydrogen-bond donors (Lipinski definition) is 1. The summed E-state index contributed by atoms with van der Waals surface area (Å²) in [7, 11) is 1.69. The molecule has 0 amide bonds. The van der Waals surface area contributed by atoms with Crippen molar-refractivity contribution in [3.8, 4) is 0 Å². The van der Waals surface area contributed by atoms with Crippen molar-refractivity contribution in [3.63, 3.8) is 0 Å². The Morgan fingerprint density at radius 2 is 2.19 bits per heavy atom. The van der Waals surface area contributed by atoms with E-state index in [-0.39, 0.29) is 16.3 Å². The fraction of sp³-hybridized carbons (Fsp3) is 0.647. The van der Waals surface area contributed by atoms with Crippen LogP contribution in [0.5, 0.6) is 0 Å². The second-order valence-corrected chi connectivity index (χ2v) is 6.52. The van der Waals surface area contributed by atoms with Gasteiger partial charge in [0.2, 0.25) is 0 Å². The minimum absolute atomic E-state index is 0.109. The molecule has 0 bridgehead atoms. The van der Waals surface area contributed by atoms with Crippen molar-refractivity contribution >= 4 is 11.6 Å². The van der Waals surface area contributed by atoms with Crippen molar-refractivity contribution in [3.05, 3.63) is 34.6 Å². The first-order chi connectivity index (χ1) is 10.1. The molecule has 118 valence electrons. The topological polar surface area (TPSA) is 21.3 Å². The molecule has 4 heteroatoms. The second kappa shape index (κ2) is 7.57. The second-order valence-electron chi connectivity index (χ2n) is 6.11. The van der Waals surface area contributed by atoms with E-state index in [4.69, 9.17) is 16.3 Å². The highest BCUT2D eigenvalue weighted by molar-refractivity contribution is 6.30. The first kappa shape index (κ1) is 16.7. The zero-order valence-corrected chi connectivity index (χ0v) is 13.7. The Balaban J connectivity index is 2.11. The number of halogens is 2. The quantitative estimate of drug-likeness (QED) is 0.728. The number of hydrogen-bond acceptors (Lipinski definition) is 2. The summed E-state index contributed by atoms with van der Waals surface area (Å²) in [6.45, 7) is 4.45. The molecule has 1 aliphatic carbocycles. The SMILES string of the molecule is CCCC1CC(CNCCOC)(c2cccc(Cl)c2F)C1. The van der Waals surface area contributed by atoms with Crippen molar-refractivity contribution < 1.29 is 9.13 Å². The molecule has 1 N–H and O–H groups in total. The minimum Gasteiger partial charge on any atom is -0.383 e. The number of benzene rings is 1. The van der Waals surface area contributed by atoms with Gasteiger partial charge in [0, 0.05) is 25.6 Å². The number of nitrogens with one attached hydrogen (secondary N) is 1. The van der Waals surface area contributed by atoms with E-state index in [1.54, 1.807) is 13.2 Å². The number of methoxy groups -OCH3 is 1. The molecule has 0 unspecified atom stereocenters.